The number of aromatic nitrogens is 1. The third kappa shape index (κ3) is 5.14. The molecule has 0 bridgehead atoms. The van der Waals surface area contributed by atoms with Gasteiger partial charge < -0.3 is 5.11 Å². The van der Waals surface area contributed by atoms with Crippen molar-refractivity contribution in [3.05, 3.63) is 77.4 Å². The molecule has 28 heavy (non-hydrogen) atoms. The van der Waals surface area contributed by atoms with Gasteiger partial charge in [0.05, 0.1) is 11.3 Å². The van der Waals surface area contributed by atoms with Crippen molar-refractivity contribution in [3.8, 4) is 11.3 Å². The van der Waals surface area contributed by atoms with Crippen molar-refractivity contribution in [3.63, 3.8) is 0 Å². The molecule has 1 radical (unpaired) electrons. The zero-order valence-corrected chi connectivity index (χ0v) is 19.0. The van der Waals surface area contributed by atoms with Crippen LogP contribution in [0, 0.1) is 13.0 Å². The number of fused-ring (bicyclic) bond motifs is 3. The minimum atomic E-state index is -0.125. The molecular weight excluding hydrogens is 547 g/mol. The minimum Gasteiger partial charge on any atom is -0.512 e. The van der Waals surface area contributed by atoms with Gasteiger partial charge in [-0.3, -0.25) is 9.78 Å². The molecule has 0 saturated carbocycles. The summed E-state index contributed by atoms with van der Waals surface area (Å²) in [7, 11) is 0. The van der Waals surface area contributed by atoms with Gasteiger partial charge >= 0.3 is 0 Å². The van der Waals surface area contributed by atoms with Gasteiger partial charge in [0.1, 0.15) is 0 Å². The van der Waals surface area contributed by atoms with Crippen LogP contribution in [0.3, 0.4) is 0 Å². The van der Waals surface area contributed by atoms with Crippen molar-refractivity contribution in [2.24, 2.45) is 0 Å². The van der Waals surface area contributed by atoms with Gasteiger partial charge in [0, 0.05) is 42.0 Å². The van der Waals surface area contributed by atoms with Crippen molar-refractivity contribution in [2.45, 2.75) is 20.8 Å². The molecule has 3 nitrogen and oxygen atoms in total. The number of hydrogen-bond donors (Lipinski definition) is 1. The summed E-state index contributed by atoms with van der Waals surface area (Å²) in [5, 5.41) is 13.0. The monoisotopic (exact) mass is 567 g/mol. The van der Waals surface area contributed by atoms with Gasteiger partial charge in [0.2, 0.25) is 0 Å². The topological polar surface area (TPSA) is 50.2 Å². The number of pyridine rings is 1. The molecule has 0 fully saturated rings. The molecule has 5 heteroatoms. The van der Waals surface area contributed by atoms with Crippen molar-refractivity contribution in [1.82, 2.24) is 4.98 Å². The van der Waals surface area contributed by atoms with Crippen molar-refractivity contribution in [1.29, 1.82) is 0 Å². The Morgan fingerprint density at radius 3 is 2.46 bits per heavy atom. The van der Waals surface area contributed by atoms with Gasteiger partial charge in [-0.05, 0) is 36.7 Å². The largest absolute Gasteiger partial charge is 0.512 e. The van der Waals surface area contributed by atoms with E-state index in [9.17, 15) is 4.79 Å². The van der Waals surface area contributed by atoms with Gasteiger partial charge in [-0.25, -0.2) is 0 Å². The van der Waals surface area contributed by atoms with E-state index < -0.39 is 0 Å². The number of benzene rings is 2. The van der Waals surface area contributed by atoms with Gasteiger partial charge in [0.25, 0.3) is 0 Å². The Morgan fingerprint density at radius 2 is 1.86 bits per heavy atom. The molecule has 0 spiro atoms. The van der Waals surface area contributed by atoms with Crippen molar-refractivity contribution in [2.75, 3.05) is 0 Å². The van der Waals surface area contributed by atoms with Crippen molar-refractivity contribution < 1.29 is 30.0 Å². The number of carbonyl (C=O) groups excluding carboxylic acids is 1. The number of carbonyl (C=O) groups is 1. The average Bonchev–Trinajstić information content (AvgIpc) is 3.11. The summed E-state index contributed by atoms with van der Waals surface area (Å²) in [6.07, 6.45) is 1.17. The van der Waals surface area contributed by atoms with Crippen LogP contribution in [-0.2, 0) is 24.9 Å². The number of aryl methyl sites for hydroxylation is 1. The molecule has 2 aromatic heterocycles. The Balaban J connectivity index is 0.000000306. The second-order valence-electron chi connectivity index (χ2n) is 6.32. The molecule has 0 atom stereocenters. The van der Waals surface area contributed by atoms with Gasteiger partial charge in [-0.15, -0.1) is 35.4 Å². The smallest absolute Gasteiger partial charge is 0.155 e. The summed E-state index contributed by atoms with van der Waals surface area (Å²) in [5.74, 6) is -0.0625. The van der Waals surface area contributed by atoms with E-state index in [1.807, 2.05) is 12.1 Å². The zero-order chi connectivity index (χ0) is 19.4. The maximum Gasteiger partial charge on any atom is 0.155 e. The second-order valence-corrected chi connectivity index (χ2v) is 7.23. The normalized spacial score (nSPS) is 10.9. The van der Waals surface area contributed by atoms with Crippen LogP contribution in [0.4, 0.5) is 0 Å². The molecule has 0 aliphatic rings. The predicted octanol–water partition coefficient (Wildman–Crippen LogP) is 6.26. The van der Waals surface area contributed by atoms with E-state index in [-0.39, 0.29) is 31.6 Å². The fourth-order valence-corrected chi connectivity index (χ4v) is 3.71. The molecule has 0 aliphatic carbocycles. The quantitative estimate of drug-likeness (QED) is 0.177. The van der Waals surface area contributed by atoms with Crippen molar-refractivity contribution >= 4 is 38.1 Å². The zero-order valence-electron chi connectivity index (χ0n) is 15.8. The van der Waals surface area contributed by atoms with Gasteiger partial charge in [-0.1, -0.05) is 25.1 Å². The van der Waals surface area contributed by atoms with E-state index in [1.165, 1.54) is 41.0 Å². The fraction of sp³-hybridized carbons (Fsp3) is 0.130. The number of allylic oxidation sites excluding steroid dienone is 2. The first-order valence-corrected chi connectivity index (χ1v) is 9.46. The van der Waals surface area contributed by atoms with Crippen LogP contribution in [0.1, 0.15) is 19.4 Å². The number of ketones is 1. The molecule has 2 heterocycles. The molecule has 0 unspecified atom stereocenters. The summed E-state index contributed by atoms with van der Waals surface area (Å²) in [5.41, 5.74) is 4.36. The van der Waals surface area contributed by atoms with E-state index in [4.69, 9.17) is 10.1 Å². The third-order valence-electron chi connectivity index (χ3n) is 3.94. The van der Waals surface area contributed by atoms with Crippen LogP contribution in [0.15, 0.2) is 65.7 Å². The molecule has 0 amide bonds. The Kier molecular flexibility index (Phi) is 7.64. The number of aliphatic hydroxyl groups excluding tert-OH is 1. The first kappa shape index (κ1) is 22.0. The summed E-state index contributed by atoms with van der Waals surface area (Å²) in [4.78, 5) is 14.9. The average molecular weight is 567 g/mol. The maximum absolute atomic E-state index is 10.0. The molecule has 0 aliphatic heterocycles. The van der Waals surface area contributed by atoms with E-state index in [1.54, 1.807) is 11.3 Å². The van der Waals surface area contributed by atoms with E-state index in [0.29, 0.717) is 0 Å². The number of hydrogen-bond acceptors (Lipinski definition) is 4. The molecule has 4 aromatic rings. The number of nitrogens with zero attached hydrogens (tertiary/aromatic N) is 1. The maximum atomic E-state index is 10.0. The summed E-state index contributed by atoms with van der Waals surface area (Å²) in [6, 6.07) is 20.1. The summed E-state index contributed by atoms with van der Waals surface area (Å²) >= 11 is 1.75. The van der Waals surface area contributed by atoms with Crippen LogP contribution in [0.2, 0.25) is 0 Å². The standard InChI is InChI=1S/C18H12NS.C5H8O2.Ir/c1-12-6-8-13(9-7-12)17-18-15(10-11-20-18)14-4-2-3-5-16(14)19-17;1-4(6)3-5(2)7;/h2-8,10-11H,1H3;3,6H,1-2H3;/q-1;;/b;4-3-;. The summed E-state index contributed by atoms with van der Waals surface area (Å²) < 4.78 is 1.24. The third-order valence-corrected chi connectivity index (χ3v) is 4.86. The minimum absolute atomic E-state index is 0. The number of rotatable bonds is 2. The van der Waals surface area contributed by atoms with Gasteiger partial charge in [-0.2, -0.15) is 11.3 Å². The Hall–Kier alpha value is -2.33. The van der Waals surface area contributed by atoms with E-state index in [2.05, 4.69) is 54.8 Å². The Labute approximate surface area is 182 Å². The number of para-hydroxylation sites is 1. The van der Waals surface area contributed by atoms with Crippen LogP contribution in [-0.4, -0.2) is 15.9 Å². The molecule has 0 saturated heterocycles. The molecule has 145 valence electrons. The molecule has 1 N–H and O–H groups in total. The van der Waals surface area contributed by atoms with E-state index >= 15 is 0 Å². The fourth-order valence-electron chi connectivity index (χ4n) is 2.80. The molecule has 2 aromatic carbocycles. The van der Waals surface area contributed by atoms with Crippen LogP contribution in [0.25, 0.3) is 32.2 Å². The summed E-state index contributed by atoms with van der Waals surface area (Å²) in [6.45, 7) is 4.93. The number of aliphatic hydroxyl groups is 1. The van der Waals surface area contributed by atoms with Gasteiger partial charge in [0.15, 0.2) is 5.78 Å². The van der Waals surface area contributed by atoms with Crippen LogP contribution in [0.5, 0.6) is 0 Å². The first-order valence-electron chi connectivity index (χ1n) is 8.58. The van der Waals surface area contributed by atoms with Crippen LogP contribution >= 0.6 is 11.3 Å². The van der Waals surface area contributed by atoms with E-state index in [0.717, 1.165) is 16.8 Å². The number of thiophene rings is 1. The second kappa shape index (κ2) is 9.74. The Morgan fingerprint density at radius 1 is 1.11 bits per heavy atom. The first-order chi connectivity index (χ1) is 13.0. The van der Waals surface area contributed by atoms with Crippen LogP contribution < -0.4 is 0 Å². The SMILES string of the molecule is CC(=O)/C=C(/C)O.Cc1c[c-]c(-c2nc3ccccc3c3ccsc23)cc1.[Ir]. The molecular formula is C23H20IrNO2S-. The Bertz CT molecular complexity index is 1130. The predicted molar refractivity (Wildman–Crippen MR) is 113 cm³/mol. The molecule has 4 rings (SSSR count).